The van der Waals surface area contributed by atoms with Crippen molar-refractivity contribution in [1.29, 1.82) is 0 Å². The number of likely N-dealkylation sites (N-methyl/N-ethyl adjacent to an activating group) is 1. The molecule has 6 nitrogen and oxygen atoms in total. The normalized spacial score (nSPS) is 18.7. The van der Waals surface area contributed by atoms with Crippen LogP contribution in [0.2, 0.25) is 0 Å². The molecule has 0 saturated carbocycles. The van der Waals surface area contributed by atoms with Crippen molar-refractivity contribution in [3.63, 3.8) is 0 Å². The van der Waals surface area contributed by atoms with Gasteiger partial charge in [-0.2, -0.15) is 4.68 Å². The Morgan fingerprint density at radius 3 is 2.44 bits per heavy atom. The molecule has 0 N–H and O–H groups in total. The summed E-state index contributed by atoms with van der Waals surface area (Å²) in [5.74, 6) is 0.952. The van der Waals surface area contributed by atoms with E-state index in [0.717, 1.165) is 49.3 Å². The third-order valence-corrected chi connectivity index (χ3v) is 5.84. The van der Waals surface area contributed by atoms with Gasteiger partial charge in [0.05, 0.1) is 5.69 Å². The molecule has 0 aromatic carbocycles. The number of hydrogen-bond donors (Lipinski definition) is 0. The Labute approximate surface area is 158 Å². The maximum Gasteiger partial charge on any atom is 0.671 e. The molecule has 0 spiro atoms. The number of unbranched alkanes of at least 4 members (excludes halogenated alkanes) is 1. The predicted molar refractivity (Wildman–Crippen MR) is 102 cm³/mol. The summed E-state index contributed by atoms with van der Waals surface area (Å²) in [4.78, 5) is 4.37. The Hall–Kier alpha value is -2.03. The number of halogens is 2. The van der Waals surface area contributed by atoms with E-state index in [1.54, 1.807) is 17.7 Å². The van der Waals surface area contributed by atoms with E-state index in [1.165, 1.54) is 0 Å². The second kappa shape index (κ2) is 6.54. The average Bonchev–Trinajstić information content (AvgIpc) is 3.07. The molecule has 2 aromatic rings. The summed E-state index contributed by atoms with van der Waals surface area (Å²) >= 11 is 0. The molecule has 2 aliphatic rings. The van der Waals surface area contributed by atoms with Gasteiger partial charge in [0.15, 0.2) is 17.3 Å². The van der Waals surface area contributed by atoms with Crippen molar-refractivity contribution in [3.05, 3.63) is 23.0 Å². The van der Waals surface area contributed by atoms with E-state index in [-0.39, 0.29) is 5.46 Å². The second-order valence-corrected chi connectivity index (χ2v) is 7.84. The number of anilines is 1. The number of aromatic nitrogens is 4. The van der Waals surface area contributed by atoms with Crippen LogP contribution in [0.25, 0.3) is 5.82 Å². The minimum absolute atomic E-state index is 0.0965. The summed E-state index contributed by atoms with van der Waals surface area (Å²) in [6.45, 7) is 5.13. The van der Waals surface area contributed by atoms with Crippen molar-refractivity contribution in [2.24, 2.45) is 0 Å². The second-order valence-electron chi connectivity index (χ2n) is 7.84. The Morgan fingerprint density at radius 2 is 1.78 bits per heavy atom. The minimum Gasteiger partial charge on any atom is -0.406 e. The van der Waals surface area contributed by atoms with Crippen molar-refractivity contribution in [1.82, 2.24) is 19.8 Å². The van der Waals surface area contributed by atoms with Crippen LogP contribution in [0.3, 0.4) is 0 Å². The molecule has 0 unspecified atom stereocenters. The Bertz CT molecular complexity index is 873. The first-order valence-electron chi connectivity index (χ1n) is 9.83. The minimum atomic E-state index is -3.91. The van der Waals surface area contributed by atoms with Crippen LogP contribution in [0.1, 0.15) is 36.7 Å². The Kier molecular flexibility index (Phi) is 4.45. The van der Waals surface area contributed by atoms with Crippen molar-refractivity contribution < 1.29 is 13.2 Å². The lowest BCUT2D eigenvalue weighted by Gasteiger charge is -2.34. The van der Waals surface area contributed by atoms with E-state index in [0.29, 0.717) is 29.3 Å². The Morgan fingerprint density at radius 1 is 1.11 bits per heavy atom. The number of hydrogen-bond acceptors (Lipinski definition) is 4. The highest BCUT2D eigenvalue weighted by atomic mass is 19.2. The van der Waals surface area contributed by atoms with Crippen LogP contribution in [0.5, 0.6) is 0 Å². The predicted octanol–water partition coefficient (Wildman–Crippen LogP) is 1.21. The lowest BCUT2D eigenvalue weighted by molar-refractivity contribution is -0.644. The lowest BCUT2D eigenvalue weighted by atomic mass is 9.69. The van der Waals surface area contributed by atoms with Gasteiger partial charge in [-0.15, -0.1) is 10.2 Å². The van der Waals surface area contributed by atoms with Crippen molar-refractivity contribution in [2.45, 2.75) is 40.0 Å². The van der Waals surface area contributed by atoms with Gasteiger partial charge in [0.25, 0.3) is 0 Å². The van der Waals surface area contributed by atoms with E-state index in [1.807, 2.05) is 6.92 Å². The van der Waals surface area contributed by atoms with E-state index < -0.39 is 6.84 Å². The molecule has 0 radical (unpaired) electrons. The SMILES string of the molecule is CCCCc1c(N2CCN(C)CC2)nnc2c1[B-](F)(F)[n+]1c(C)cc(C)n1-2. The smallest absolute Gasteiger partial charge is 0.406 e. The zero-order valence-electron chi connectivity index (χ0n) is 16.5. The Balaban J connectivity index is 1.88. The lowest BCUT2D eigenvalue weighted by Crippen LogP contribution is -2.66. The first-order valence-corrected chi connectivity index (χ1v) is 9.83. The van der Waals surface area contributed by atoms with Crippen molar-refractivity contribution in [2.75, 3.05) is 38.1 Å². The monoisotopic (exact) mass is 376 g/mol. The number of nitrogens with zero attached hydrogens (tertiary/aromatic N) is 6. The summed E-state index contributed by atoms with van der Waals surface area (Å²) in [5, 5.41) is 8.77. The summed E-state index contributed by atoms with van der Waals surface area (Å²) in [6, 6.07) is 1.78. The van der Waals surface area contributed by atoms with Crippen LogP contribution in [0.4, 0.5) is 14.4 Å². The van der Waals surface area contributed by atoms with Gasteiger partial charge in [0.1, 0.15) is 0 Å². The van der Waals surface area contributed by atoms with Crippen LogP contribution in [0, 0.1) is 13.8 Å². The highest BCUT2D eigenvalue weighted by molar-refractivity contribution is 6.74. The molecule has 1 saturated heterocycles. The fraction of sp³-hybridized carbons (Fsp3) is 0.611. The molecular weight excluding hydrogens is 349 g/mol. The van der Waals surface area contributed by atoms with Crippen LogP contribution < -0.4 is 15.0 Å². The highest BCUT2D eigenvalue weighted by Crippen LogP contribution is 2.28. The van der Waals surface area contributed by atoms with Gasteiger partial charge in [-0.05, 0) is 37.8 Å². The number of piperazine rings is 1. The van der Waals surface area contributed by atoms with Gasteiger partial charge < -0.3 is 18.4 Å². The van der Waals surface area contributed by atoms with Crippen LogP contribution in [-0.2, 0) is 6.42 Å². The summed E-state index contributed by atoms with van der Waals surface area (Å²) in [5.41, 5.74) is 2.10. The molecule has 4 rings (SSSR count). The standard InChI is InChI=1S/C18H27BF2N6/c1-5-6-7-15-16-18(23-22-17(15)25-10-8-24(4)9-11-25)26-13(2)12-14(3)27(26)19(16,20)21/h12H,5-11H2,1-4H3. The molecule has 146 valence electrons. The van der Waals surface area contributed by atoms with Gasteiger partial charge >= 0.3 is 6.84 Å². The maximum atomic E-state index is 15.6. The van der Waals surface area contributed by atoms with Crippen LogP contribution in [-0.4, -0.2) is 59.8 Å². The fourth-order valence-corrected chi connectivity index (χ4v) is 4.41. The van der Waals surface area contributed by atoms with Crippen LogP contribution >= 0.6 is 0 Å². The van der Waals surface area contributed by atoms with E-state index in [2.05, 4.69) is 34.0 Å². The van der Waals surface area contributed by atoms with E-state index >= 15 is 8.63 Å². The van der Waals surface area contributed by atoms with Gasteiger partial charge in [-0.3, -0.25) is 4.59 Å². The molecule has 0 aliphatic carbocycles. The van der Waals surface area contributed by atoms with Gasteiger partial charge in [-0.25, -0.2) is 0 Å². The molecule has 0 atom stereocenters. The van der Waals surface area contributed by atoms with E-state index in [4.69, 9.17) is 0 Å². The molecule has 27 heavy (non-hydrogen) atoms. The van der Waals surface area contributed by atoms with Gasteiger partial charge in [0.2, 0.25) is 0 Å². The van der Waals surface area contributed by atoms with Crippen molar-refractivity contribution >= 4 is 18.1 Å². The summed E-state index contributed by atoms with van der Waals surface area (Å²) < 4.78 is 33.9. The molecule has 4 heterocycles. The molecule has 2 aromatic heterocycles. The zero-order valence-corrected chi connectivity index (χ0v) is 16.5. The molecule has 9 heteroatoms. The first kappa shape index (κ1) is 18.3. The largest absolute Gasteiger partial charge is 0.671 e. The summed E-state index contributed by atoms with van der Waals surface area (Å²) in [7, 11) is 2.08. The van der Waals surface area contributed by atoms with Crippen LogP contribution in [0.15, 0.2) is 6.07 Å². The quantitative estimate of drug-likeness (QED) is 0.753. The average molecular weight is 376 g/mol. The van der Waals surface area contributed by atoms with Gasteiger partial charge in [0, 0.05) is 39.2 Å². The molecule has 0 amide bonds. The molecular formula is C18H27BF2N6. The fourth-order valence-electron chi connectivity index (χ4n) is 4.41. The highest BCUT2D eigenvalue weighted by Gasteiger charge is 2.56. The molecule has 0 bridgehead atoms. The third-order valence-electron chi connectivity index (χ3n) is 5.84. The molecule has 1 fully saturated rings. The number of aryl methyl sites for hydroxylation is 2. The number of fused-ring (bicyclic) bond motifs is 3. The van der Waals surface area contributed by atoms with Crippen molar-refractivity contribution in [3.8, 4) is 5.82 Å². The van der Waals surface area contributed by atoms with Gasteiger partial charge in [-0.1, -0.05) is 13.3 Å². The summed E-state index contributed by atoms with van der Waals surface area (Å²) in [6.07, 6.45) is 2.43. The molecule has 2 aliphatic heterocycles. The zero-order chi connectivity index (χ0) is 19.3. The maximum absolute atomic E-state index is 15.6. The number of rotatable bonds is 4. The van der Waals surface area contributed by atoms with E-state index in [9.17, 15) is 0 Å². The third kappa shape index (κ3) is 2.74. The topological polar surface area (TPSA) is 41.1 Å². The first-order chi connectivity index (χ1) is 12.9.